The van der Waals surface area contributed by atoms with Crippen molar-refractivity contribution < 1.29 is 8.78 Å². The Morgan fingerprint density at radius 3 is 2.53 bits per heavy atom. The number of hydrogen-bond donors (Lipinski definition) is 0. The Hall–Kier alpha value is -0.640. The average molecular weight is 366 g/mol. The van der Waals surface area contributed by atoms with Gasteiger partial charge in [0.25, 0.3) is 0 Å². The van der Waals surface area contributed by atoms with Crippen molar-refractivity contribution in [3.8, 4) is 0 Å². The summed E-state index contributed by atoms with van der Waals surface area (Å²) in [7, 11) is 0. The van der Waals surface area contributed by atoms with Crippen molar-refractivity contribution in [1.29, 1.82) is 0 Å². The molecule has 19 heavy (non-hydrogen) atoms. The number of benzene rings is 2. The van der Waals surface area contributed by atoms with Gasteiger partial charge in [-0.3, -0.25) is 0 Å². The summed E-state index contributed by atoms with van der Waals surface area (Å²) in [6, 6.07) is 9.33. The molecule has 0 heterocycles. The summed E-state index contributed by atoms with van der Waals surface area (Å²) >= 11 is 15.0. The summed E-state index contributed by atoms with van der Waals surface area (Å²) < 4.78 is 27.3. The first-order chi connectivity index (χ1) is 8.97. The Kier molecular flexibility index (Phi) is 4.82. The zero-order valence-electron chi connectivity index (χ0n) is 9.64. The van der Waals surface area contributed by atoms with Gasteiger partial charge in [-0.15, -0.1) is 11.6 Å². The maximum Gasteiger partial charge on any atom is 0.137 e. The largest absolute Gasteiger partial charge is 0.207 e. The molecule has 0 fully saturated rings. The molecule has 0 N–H and O–H groups in total. The molecule has 0 aliphatic rings. The molecule has 2 rings (SSSR count). The molecule has 2 aromatic carbocycles. The fraction of sp³-hybridized carbons (Fsp3) is 0.143. The maximum absolute atomic E-state index is 13.8. The second kappa shape index (κ2) is 6.21. The predicted octanol–water partition coefficient (Wildman–Crippen LogP) is 5.90. The molecule has 0 spiro atoms. The molecule has 0 amide bonds. The molecule has 2 aromatic rings. The van der Waals surface area contributed by atoms with Gasteiger partial charge >= 0.3 is 0 Å². The molecule has 0 bridgehead atoms. The fourth-order valence-corrected chi connectivity index (χ4v) is 2.63. The molecule has 0 radical (unpaired) electrons. The highest BCUT2D eigenvalue weighted by Gasteiger charge is 2.16. The van der Waals surface area contributed by atoms with Crippen LogP contribution in [-0.2, 0) is 6.42 Å². The SMILES string of the molecule is Fc1cc(C(Cl)Cc2cccc(Cl)c2)c(F)cc1Br. The van der Waals surface area contributed by atoms with E-state index in [1.807, 2.05) is 6.07 Å². The van der Waals surface area contributed by atoms with Crippen LogP contribution in [0.4, 0.5) is 8.78 Å². The number of alkyl halides is 1. The molecule has 0 nitrogen and oxygen atoms in total. The van der Waals surface area contributed by atoms with Crippen molar-refractivity contribution in [3.05, 3.63) is 68.7 Å². The summed E-state index contributed by atoms with van der Waals surface area (Å²) in [5, 5.41) is -0.0649. The number of rotatable bonds is 3. The van der Waals surface area contributed by atoms with Crippen LogP contribution in [0.15, 0.2) is 40.9 Å². The van der Waals surface area contributed by atoms with E-state index in [2.05, 4.69) is 15.9 Å². The van der Waals surface area contributed by atoms with E-state index < -0.39 is 17.0 Å². The standard InChI is InChI=1S/C14H9BrCl2F2/c15-11-7-13(18)10(6-14(11)19)12(17)5-8-2-1-3-9(16)4-8/h1-4,6-7,12H,5H2. The molecule has 0 aromatic heterocycles. The lowest BCUT2D eigenvalue weighted by Gasteiger charge is -2.12. The molecule has 1 unspecified atom stereocenters. The molecular weight excluding hydrogens is 357 g/mol. The van der Waals surface area contributed by atoms with E-state index in [1.165, 1.54) is 0 Å². The summed E-state index contributed by atoms with van der Waals surface area (Å²) in [5.41, 5.74) is 1.01. The van der Waals surface area contributed by atoms with Crippen LogP contribution in [0.25, 0.3) is 0 Å². The van der Waals surface area contributed by atoms with Crippen LogP contribution in [0.2, 0.25) is 5.02 Å². The molecular formula is C14H9BrCl2F2. The van der Waals surface area contributed by atoms with Crippen LogP contribution in [-0.4, -0.2) is 0 Å². The van der Waals surface area contributed by atoms with Crippen LogP contribution < -0.4 is 0 Å². The van der Waals surface area contributed by atoms with Gasteiger partial charge < -0.3 is 0 Å². The second-order valence-electron chi connectivity index (χ2n) is 4.09. The van der Waals surface area contributed by atoms with Gasteiger partial charge in [-0.2, -0.15) is 0 Å². The molecule has 0 saturated heterocycles. The highest BCUT2D eigenvalue weighted by Crippen LogP contribution is 2.31. The highest BCUT2D eigenvalue weighted by atomic mass is 79.9. The van der Waals surface area contributed by atoms with E-state index in [1.54, 1.807) is 18.2 Å². The monoisotopic (exact) mass is 364 g/mol. The van der Waals surface area contributed by atoms with E-state index in [0.717, 1.165) is 17.7 Å². The normalized spacial score (nSPS) is 12.5. The molecule has 5 heteroatoms. The van der Waals surface area contributed by atoms with E-state index in [9.17, 15) is 8.78 Å². The molecule has 1 atom stereocenters. The third kappa shape index (κ3) is 3.68. The first kappa shape index (κ1) is 14.8. The first-order valence-corrected chi connectivity index (χ1v) is 7.11. The van der Waals surface area contributed by atoms with Gasteiger partial charge in [-0.05, 0) is 52.2 Å². The van der Waals surface area contributed by atoms with E-state index in [-0.39, 0.29) is 10.0 Å². The Labute approximate surface area is 128 Å². The van der Waals surface area contributed by atoms with E-state index >= 15 is 0 Å². The van der Waals surface area contributed by atoms with Gasteiger partial charge in [0.2, 0.25) is 0 Å². The van der Waals surface area contributed by atoms with Crippen LogP contribution in [0.5, 0.6) is 0 Å². The van der Waals surface area contributed by atoms with Gasteiger partial charge in [0.15, 0.2) is 0 Å². The van der Waals surface area contributed by atoms with Crippen LogP contribution >= 0.6 is 39.1 Å². The van der Waals surface area contributed by atoms with E-state index in [4.69, 9.17) is 23.2 Å². The summed E-state index contributed by atoms with van der Waals surface area (Å²) in [6.07, 6.45) is 0.375. The van der Waals surface area contributed by atoms with Gasteiger partial charge in [0, 0.05) is 10.6 Å². The third-order valence-electron chi connectivity index (χ3n) is 2.68. The Morgan fingerprint density at radius 1 is 1.11 bits per heavy atom. The van der Waals surface area contributed by atoms with Crippen LogP contribution in [0.3, 0.4) is 0 Å². The van der Waals surface area contributed by atoms with Crippen molar-refractivity contribution in [2.75, 3.05) is 0 Å². The minimum absolute atomic E-state index is 0.0837. The lowest BCUT2D eigenvalue weighted by Crippen LogP contribution is -2.00. The van der Waals surface area contributed by atoms with Crippen molar-refractivity contribution in [2.24, 2.45) is 0 Å². The highest BCUT2D eigenvalue weighted by molar-refractivity contribution is 9.10. The molecule has 0 aliphatic heterocycles. The second-order valence-corrected chi connectivity index (χ2v) is 5.91. The van der Waals surface area contributed by atoms with Crippen molar-refractivity contribution in [1.82, 2.24) is 0 Å². The van der Waals surface area contributed by atoms with Crippen molar-refractivity contribution >= 4 is 39.1 Å². The Balaban J connectivity index is 2.25. The lowest BCUT2D eigenvalue weighted by molar-refractivity contribution is 0.577. The van der Waals surface area contributed by atoms with Crippen LogP contribution in [0.1, 0.15) is 16.5 Å². The number of halogens is 5. The molecule has 0 saturated carbocycles. The smallest absolute Gasteiger partial charge is 0.137 e. The summed E-state index contributed by atoms with van der Waals surface area (Å²) in [4.78, 5) is 0. The quantitative estimate of drug-likeness (QED) is 0.469. The van der Waals surface area contributed by atoms with Gasteiger partial charge in [-0.1, -0.05) is 23.7 Å². The Bertz CT molecular complexity index is 602. The van der Waals surface area contributed by atoms with Crippen molar-refractivity contribution in [3.63, 3.8) is 0 Å². The molecule has 0 aliphatic carbocycles. The zero-order chi connectivity index (χ0) is 14.0. The van der Waals surface area contributed by atoms with Gasteiger partial charge in [0.05, 0.1) is 9.85 Å². The maximum atomic E-state index is 13.8. The Morgan fingerprint density at radius 2 is 1.84 bits per heavy atom. The van der Waals surface area contributed by atoms with Crippen molar-refractivity contribution in [2.45, 2.75) is 11.8 Å². The minimum Gasteiger partial charge on any atom is -0.207 e. The fourth-order valence-electron chi connectivity index (χ4n) is 1.76. The number of hydrogen-bond acceptors (Lipinski definition) is 0. The predicted molar refractivity (Wildman–Crippen MR) is 77.8 cm³/mol. The third-order valence-corrected chi connectivity index (χ3v) is 3.91. The average Bonchev–Trinajstić information content (AvgIpc) is 2.33. The first-order valence-electron chi connectivity index (χ1n) is 5.50. The topological polar surface area (TPSA) is 0 Å². The van der Waals surface area contributed by atoms with Crippen LogP contribution in [0, 0.1) is 11.6 Å². The van der Waals surface area contributed by atoms with Gasteiger partial charge in [-0.25, -0.2) is 8.78 Å². The molecule has 100 valence electrons. The minimum atomic E-state index is -0.652. The summed E-state index contributed by atoms with van der Waals surface area (Å²) in [6.45, 7) is 0. The summed E-state index contributed by atoms with van der Waals surface area (Å²) in [5.74, 6) is -1.07. The van der Waals surface area contributed by atoms with Gasteiger partial charge in [0.1, 0.15) is 11.6 Å². The zero-order valence-corrected chi connectivity index (χ0v) is 12.7. The van der Waals surface area contributed by atoms with E-state index in [0.29, 0.717) is 11.4 Å². The lowest BCUT2D eigenvalue weighted by atomic mass is 10.0.